The van der Waals surface area contributed by atoms with Crippen molar-refractivity contribution in [1.29, 1.82) is 0 Å². The molecular formula is C17H19N3O2. The summed E-state index contributed by atoms with van der Waals surface area (Å²) in [5.41, 5.74) is 1.16. The molecule has 1 aromatic carbocycles. The quantitative estimate of drug-likeness (QED) is 0.816. The Balaban J connectivity index is 1.72. The maximum Gasteiger partial charge on any atom is 0.253 e. The van der Waals surface area contributed by atoms with Gasteiger partial charge in [-0.05, 0) is 31.0 Å². The van der Waals surface area contributed by atoms with E-state index >= 15 is 0 Å². The van der Waals surface area contributed by atoms with E-state index in [4.69, 9.17) is 0 Å². The van der Waals surface area contributed by atoms with E-state index in [9.17, 15) is 9.59 Å². The summed E-state index contributed by atoms with van der Waals surface area (Å²) in [4.78, 5) is 26.8. The summed E-state index contributed by atoms with van der Waals surface area (Å²) >= 11 is 0. The highest BCUT2D eigenvalue weighted by molar-refractivity contribution is 5.98. The second-order valence-electron chi connectivity index (χ2n) is 5.70. The molecule has 114 valence electrons. The molecule has 1 amide bonds. The van der Waals surface area contributed by atoms with Gasteiger partial charge in [0.2, 0.25) is 0 Å². The average Bonchev–Trinajstić information content (AvgIpc) is 3.01. The van der Waals surface area contributed by atoms with Crippen molar-refractivity contribution in [3.63, 3.8) is 0 Å². The van der Waals surface area contributed by atoms with E-state index in [-0.39, 0.29) is 17.6 Å². The number of nitrogens with zero attached hydrogens (tertiary/aromatic N) is 3. The molecule has 0 aliphatic carbocycles. The Hall–Kier alpha value is -2.43. The van der Waals surface area contributed by atoms with Crippen molar-refractivity contribution in [3.8, 4) is 0 Å². The summed E-state index contributed by atoms with van der Waals surface area (Å²) in [7, 11) is 1.79. The number of rotatable bonds is 3. The smallest absolute Gasteiger partial charge is 0.253 e. The number of hydrogen-bond acceptors (Lipinski definition) is 3. The summed E-state index contributed by atoms with van der Waals surface area (Å²) in [6.45, 7) is 1.18. The Morgan fingerprint density at radius 2 is 1.95 bits per heavy atom. The van der Waals surface area contributed by atoms with Gasteiger partial charge in [-0.1, -0.05) is 18.2 Å². The predicted molar refractivity (Wildman–Crippen MR) is 82.6 cm³/mol. The first kappa shape index (κ1) is 14.5. The van der Waals surface area contributed by atoms with E-state index in [1.807, 2.05) is 30.3 Å². The number of benzene rings is 1. The zero-order valence-electron chi connectivity index (χ0n) is 12.6. The highest BCUT2D eigenvalue weighted by atomic mass is 16.2. The van der Waals surface area contributed by atoms with E-state index < -0.39 is 0 Å². The maximum absolute atomic E-state index is 12.5. The van der Waals surface area contributed by atoms with Gasteiger partial charge in [-0.15, -0.1) is 0 Å². The monoisotopic (exact) mass is 297 g/mol. The molecule has 2 heterocycles. The lowest BCUT2D eigenvalue weighted by atomic mass is 9.92. The van der Waals surface area contributed by atoms with Gasteiger partial charge in [-0.2, -0.15) is 5.10 Å². The van der Waals surface area contributed by atoms with Crippen LogP contribution in [0.4, 0.5) is 0 Å². The van der Waals surface area contributed by atoms with Crippen LogP contribution in [0.1, 0.15) is 33.7 Å². The molecule has 2 aromatic rings. The lowest BCUT2D eigenvalue weighted by molar-refractivity contribution is 0.0635. The number of likely N-dealkylation sites (tertiary alicyclic amines) is 1. The molecule has 22 heavy (non-hydrogen) atoms. The Kier molecular flexibility index (Phi) is 4.04. The van der Waals surface area contributed by atoms with Gasteiger partial charge in [0, 0.05) is 37.8 Å². The van der Waals surface area contributed by atoms with Crippen LogP contribution in [-0.2, 0) is 7.05 Å². The van der Waals surface area contributed by atoms with Crippen molar-refractivity contribution in [2.24, 2.45) is 13.0 Å². The largest absolute Gasteiger partial charge is 0.338 e. The molecule has 0 N–H and O–H groups in total. The van der Waals surface area contributed by atoms with Gasteiger partial charge in [0.15, 0.2) is 5.78 Å². The molecule has 1 aliphatic heterocycles. The first-order chi connectivity index (χ1) is 10.6. The SMILES string of the molecule is Cn1ccc(C(=O)C2CCCN(C(=O)c3ccccc3)C2)n1. The van der Waals surface area contributed by atoms with Crippen molar-refractivity contribution in [3.05, 3.63) is 53.9 Å². The van der Waals surface area contributed by atoms with E-state index in [1.165, 1.54) is 0 Å². The fourth-order valence-electron chi connectivity index (χ4n) is 2.89. The first-order valence-electron chi connectivity index (χ1n) is 7.53. The van der Waals surface area contributed by atoms with Gasteiger partial charge in [0.25, 0.3) is 5.91 Å². The molecule has 1 aromatic heterocycles. The van der Waals surface area contributed by atoms with Gasteiger partial charge in [0.05, 0.1) is 0 Å². The van der Waals surface area contributed by atoms with E-state index in [1.54, 1.807) is 28.9 Å². The third-order valence-electron chi connectivity index (χ3n) is 4.07. The fraction of sp³-hybridized carbons (Fsp3) is 0.353. The molecule has 3 rings (SSSR count). The van der Waals surface area contributed by atoms with Crippen LogP contribution in [0.3, 0.4) is 0 Å². The molecule has 1 atom stereocenters. The first-order valence-corrected chi connectivity index (χ1v) is 7.53. The van der Waals surface area contributed by atoms with Gasteiger partial charge in [-0.3, -0.25) is 14.3 Å². The summed E-state index contributed by atoms with van der Waals surface area (Å²) in [5.74, 6) is -0.124. The van der Waals surface area contributed by atoms with Crippen LogP contribution in [0, 0.1) is 5.92 Å². The lowest BCUT2D eigenvalue weighted by Crippen LogP contribution is -2.42. The number of carbonyl (C=O) groups excluding carboxylic acids is 2. The Labute approximate surface area is 129 Å². The number of aromatic nitrogens is 2. The molecule has 1 fully saturated rings. The summed E-state index contributed by atoms with van der Waals surface area (Å²) < 4.78 is 1.63. The standard InChI is InChI=1S/C17H19N3O2/c1-19-11-9-15(18-19)16(21)14-8-5-10-20(12-14)17(22)13-6-3-2-4-7-13/h2-4,6-7,9,11,14H,5,8,10,12H2,1H3. The molecule has 1 aliphatic rings. The number of amides is 1. The highest BCUT2D eigenvalue weighted by Crippen LogP contribution is 2.21. The second-order valence-corrected chi connectivity index (χ2v) is 5.70. The van der Waals surface area contributed by atoms with E-state index in [0.717, 1.165) is 12.8 Å². The minimum Gasteiger partial charge on any atom is -0.338 e. The van der Waals surface area contributed by atoms with Crippen molar-refractivity contribution < 1.29 is 9.59 Å². The van der Waals surface area contributed by atoms with E-state index in [0.29, 0.717) is 24.3 Å². The van der Waals surface area contributed by atoms with Gasteiger partial charge < -0.3 is 4.90 Å². The van der Waals surface area contributed by atoms with Crippen LogP contribution >= 0.6 is 0 Å². The van der Waals surface area contributed by atoms with E-state index in [2.05, 4.69) is 5.10 Å². The predicted octanol–water partition coefficient (Wildman–Crippen LogP) is 2.16. The van der Waals surface area contributed by atoms with Gasteiger partial charge in [-0.25, -0.2) is 0 Å². The van der Waals surface area contributed by atoms with Crippen molar-refractivity contribution in [1.82, 2.24) is 14.7 Å². The Morgan fingerprint density at radius 1 is 1.18 bits per heavy atom. The molecule has 5 heteroatoms. The number of Topliss-reactive ketones (excluding diaryl/α,β-unsaturated/α-hetero) is 1. The van der Waals surface area contributed by atoms with Crippen LogP contribution in [-0.4, -0.2) is 39.5 Å². The van der Waals surface area contributed by atoms with Crippen LogP contribution in [0.2, 0.25) is 0 Å². The minimum absolute atomic E-state index is 0.000814. The van der Waals surface area contributed by atoms with Gasteiger partial charge >= 0.3 is 0 Å². The molecule has 1 saturated heterocycles. The number of piperidine rings is 1. The second kappa shape index (κ2) is 6.13. The molecule has 0 bridgehead atoms. The molecular weight excluding hydrogens is 278 g/mol. The third-order valence-corrected chi connectivity index (χ3v) is 4.07. The fourth-order valence-corrected chi connectivity index (χ4v) is 2.89. The van der Waals surface area contributed by atoms with Crippen molar-refractivity contribution >= 4 is 11.7 Å². The minimum atomic E-state index is -0.156. The number of hydrogen-bond donors (Lipinski definition) is 0. The topological polar surface area (TPSA) is 55.2 Å². The summed E-state index contributed by atoms with van der Waals surface area (Å²) in [5, 5.41) is 4.18. The zero-order valence-corrected chi connectivity index (χ0v) is 12.6. The van der Waals surface area contributed by atoms with Crippen molar-refractivity contribution in [2.45, 2.75) is 12.8 Å². The highest BCUT2D eigenvalue weighted by Gasteiger charge is 2.30. The van der Waals surface area contributed by atoms with Crippen LogP contribution in [0.5, 0.6) is 0 Å². The Bertz CT molecular complexity index is 678. The normalized spacial score (nSPS) is 18.2. The number of carbonyl (C=O) groups is 2. The maximum atomic E-state index is 12.5. The molecule has 0 spiro atoms. The zero-order chi connectivity index (χ0) is 15.5. The van der Waals surface area contributed by atoms with Crippen molar-refractivity contribution in [2.75, 3.05) is 13.1 Å². The lowest BCUT2D eigenvalue weighted by Gasteiger charge is -2.31. The van der Waals surface area contributed by atoms with Gasteiger partial charge in [0.1, 0.15) is 5.69 Å². The molecule has 0 radical (unpaired) electrons. The molecule has 5 nitrogen and oxygen atoms in total. The number of ketones is 1. The third kappa shape index (κ3) is 2.93. The average molecular weight is 297 g/mol. The molecule has 0 saturated carbocycles. The number of aryl methyl sites for hydroxylation is 1. The van der Waals surface area contributed by atoms with Crippen LogP contribution in [0.15, 0.2) is 42.6 Å². The Morgan fingerprint density at radius 3 is 2.64 bits per heavy atom. The molecule has 1 unspecified atom stereocenters. The van der Waals surface area contributed by atoms with Crippen LogP contribution in [0.25, 0.3) is 0 Å². The van der Waals surface area contributed by atoms with Crippen LogP contribution < -0.4 is 0 Å². The summed E-state index contributed by atoms with van der Waals surface area (Å²) in [6, 6.07) is 11.0. The summed E-state index contributed by atoms with van der Waals surface area (Å²) in [6.07, 6.45) is 3.43.